The maximum absolute atomic E-state index is 12.3. The molecule has 0 atom stereocenters. The number of benzene rings is 2. The lowest BCUT2D eigenvalue weighted by Crippen LogP contribution is -2.13. The van der Waals surface area contributed by atoms with Crippen molar-refractivity contribution in [3.63, 3.8) is 0 Å². The smallest absolute Gasteiger partial charge is 0.261 e. The molecule has 19 heavy (non-hydrogen) atoms. The van der Waals surface area contributed by atoms with Crippen molar-refractivity contribution in [1.82, 2.24) is 0 Å². The second-order valence-corrected chi connectivity index (χ2v) is 7.54. The first-order chi connectivity index (χ1) is 8.88. The minimum absolute atomic E-state index is 0.223. The van der Waals surface area contributed by atoms with E-state index < -0.39 is 10.0 Å². The van der Waals surface area contributed by atoms with Gasteiger partial charge in [0, 0.05) is 8.95 Å². The zero-order valence-electron chi connectivity index (χ0n) is 10.0. The number of hydrogen-bond donors (Lipinski definition) is 1. The minimum atomic E-state index is -3.58. The number of aryl methyl sites for hydroxylation is 1. The van der Waals surface area contributed by atoms with Crippen LogP contribution in [0.25, 0.3) is 0 Å². The summed E-state index contributed by atoms with van der Waals surface area (Å²) in [6.45, 7) is 1.85. The Bertz CT molecular complexity index is 714. The summed E-state index contributed by atoms with van der Waals surface area (Å²) in [4.78, 5) is 0.223. The second-order valence-electron chi connectivity index (χ2n) is 4.02. The van der Waals surface area contributed by atoms with E-state index in [0.717, 1.165) is 14.5 Å². The summed E-state index contributed by atoms with van der Waals surface area (Å²) in [5, 5.41) is 0. The van der Waals surface area contributed by atoms with Gasteiger partial charge in [-0.3, -0.25) is 4.72 Å². The van der Waals surface area contributed by atoms with Gasteiger partial charge in [-0.15, -0.1) is 0 Å². The van der Waals surface area contributed by atoms with Crippen LogP contribution in [0.2, 0.25) is 0 Å². The Morgan fingerprint density at radius 1 is 1.00 bits per heavy atom. The Morgan fingerprint density at radius 2 is 1.68 bits per heavy atom. The first-order valence-corrected chi connectivity index (χ1v) is 8.50. The SMILES string of the molecule is Cc1ccc(Br)cc1NS(=O)(=O)c1cccc(Br)c1. The van der Waals surface area contributed by atoms with Crippen LogP contribution in [0.15, 0.2) is 56.3 Å². The van der Waals surface area contributed by atoms with E-state index in [1.807, 2.05) is 19.1 Å². The molecule has 0 saturated heterocycles. The van der Waals surface area contributed by atoms with Gasteiger partial charge in [0.15, 0.2) is 0 Å². The summed E-state index contributed by atoms with van der Waals surface area (Å²) in [6, 6.07) is 12.0. The van der Waals surface area contributed by atoms with Gasteiger partial charge in [-0.25, -0.2) is 8.42 Å². The van der Waals surface area contributed by atoms with Crippen molar-refractivity contribution in [1.29, 1.82) is 0 Å². The Kier molecular flexibility index (Phi) is 4.32. The molecule has 6 heteroatoms. The number of anilines is 1. The highest BCUT2D eigenvalue weighted by molar-refractivity contribution is 9.10. The van der Waals surface area contributed by atoms with Crippen LogP contribution in [-0.4, -0.2) is 8.42 Å². The predicted molar refractivity (Wildman–Crippen MR) is 83.8 cm³/mol. The molecular formula is C13H11Br2NO2S. The van der Waals surface area contributed by atoms with E-state index in [9.17, 15) is 8.42 Å². The van der Waals surface area contributed by atoms with Crippen LogP contribution in [0.1, 0.15) is 5.56 Å². The third kappa shape index (κ3) is 3.58. The Morgan fingerprint density at radius 3 is 2.37 bits per heavy atom. The molecule has 0 spiro atoms. The van der Waals surface area contributed by atoms with E-state index in [2.05, 4.69) is 36.6 Å². The molecule has 0 radical (unpaired) electrons. The number of halogens is 2. The maximum atomic E-state index is 12.3. The van der Waals surface area contributed by atoms with Crippen LogP contribution in [0.3, 0.4) is 0 Å². The molecule has 0 aliphatic heterocycles. The first kappa shape index (κ1) is 14.6. The molecule has 2 rings (SSSR count). The summed E-state index contributed by atoms with van der Waals surface area (Å²) in [6.07, 6.45) is 0. The van der Waals surface area contributed by atoms with E-state index in [1.54, 1.807) is 30.3 Å². The van der Waals surface area contributed by atoms with Gasteiger partial charge in [0.1, 0.15) is 0 Å². The molecule has 3 nitrogen and oxygen atoms in total. The molecule has 100 valence electrons. The van der Waals surface area contributed by atoms with Crippen LogP contribution in [0, 0.1) is 6.92 Å². The number of nitrogens with one attached hydrogen (secondary N) is 1. The van der Waals surface area contributed by atoms with Crippen molar-refractivity contribution >= 4 is 47.6 Å². The van der Waals surface area contributed by atoms with E-state index in [1.165, 1.54) is 0 Å². The van der Waals surface area contributed by atoms with E-state index in [-0.39, 0.29) is 4.90 Å². The lowest BCUT2D eigenvalue weighted by Gasteiger charge is -2.11. The molecule has 0 bridgehead atoms. The van der Waals surface area contributed by atoms with Gasteiger partial charge in [-0.1, -0.05) is 44.0 Å². The third-order valence-electron chi connectivity index (χ3n) is 2.55. The number of sulfonamides is 1. The second kappa shape index (κ2) is 5.64. The van der Waals surface area contributed by atoms with Crippen LogP contribution < -0.4 is 4.72 Å². The van der Waals surface area contributed by atoms with E-state index in [0.29, 0.717) is 5.69 Å². The van der Waals surface area contributed by atoms with Gasteiger partial charge in [0.2, 0.25) is 0 Å². The fourth-order valence-electron chi connectivity index (χ4n) is 1.54. The molecule has 2 aromatic carbocycles. The van der Waals surface area contributed by atoms with Gasteiger partial charge < -0.3 is 0 Å². The Labute approximate surface area is 129 Å². The van der Waals surface area contributed by atoms with Gasteiger partial charge >= 0.3 is 0 Å². The molecule has 0 amide bonds. The van der Waals surface area contributed by atoms with Gasteiger partial charge in [0.05, 0.1) is 10.6 Å². The van der Waals surface area contributed by atoms with Crippen LogP contribution in [0.5, 0.6) is 0 Å². The van der Waals surface area contributed by atoms with Crippen molar-refractivity contribution in [3.05, 3.63) is 57.0 Å². The summed E-state index contributed by atoms with van der Waals surface area (Å²) in [5.41, 5.74) is 1.43. The molecule has 0 heterocycles. The molecule has 0 fully saturated rings. The highest BCUT2D eigenvalue weighted by Gasteiger charge is 2.15. The highest BCUT2D eigenvalue weighted by Crippen LogP contribution is 2.24. The summed E-state index contributed by atoms with van der Waals surface area (Å²) < 4.78 is 28.7. The van der Waals surface area contributed by atoms with Crippen LogP contribution >= 0.6 is 31.9 Å². The molecule has 2 aromatic rings. The van der Waals surface area contributed by atoms with Crippen LogP contribution in [-0.2, 0) is 10.0 Å². The zero-order valence-corrected chi connectivity index (χ0v) is 14.0. The zero-order chi connectivity index (χ0) is 14.0. The van der Waals surface area contributed by atoms with E-state index >= 15 is 0 Å². The Hall–Kier alpha value is -0.850. The first-order valence-electron chi connectivity index (χ1n) is 5.43. The Balaban J connectivity index is 2.39. The standard InChI is InChI=1S/C13H11Br2NO2S/c1-9-5-6-11(15)8-13(9)16-19(17,18)12-4-2-3-10(14)7-12/h2-8,16H,1H3. The molecule has 0 aliphatic carbocycles. The number of rotatable bonds is 3. The molecule has 1 N–H and O–H groups in total. The van der Waals surface area contributed by atoms with Crippen molar-refractivity contribution in [3.8, 4) is 0 Å². The monoisotopic (exact) mass is 403 g/mol. The highest BCUT2D eigenvalue weighted by atomic mass is 79.9. The van der Waals surface area contributed by atoms with Crippen molar-refractivity contribution in [2.75, 3.05) is 4.72 Å². The van der Waals surface area contributed by atoms with E-state index in [4.69, 9.17) is 0 Å². The molecule has 0 aliphatic rings. The quantitative estimate of drug-likeness (QED) is 0.827. The van der Waals surface area contributed by atoms with Crippen LogP contribution in [0.4, 0.5) is 5.69 Å². The van der Waals surface area contributed by atoms with Crippen molar-refractivity contribution in [2.24, 2.45) is 0 Å². The summed E-state index contributed by atoms with van der Waals surface area (Å²) in [7, 11) is -3.58. The fraction of sp³-hybridized carbons (Fsp3) is 0.0769. The lowest BCUT2D eigenvalue weighted by molar-refractivity contribution is 0.601. The normalized spacial score (nSPS) is 11.3. The van der Waals surface area contributed by atoms with Gasteiger partial charge in [-0.2, -0.15) is 0 Å². The molecular weight excluding hydrogens is 394 g/mol. The van der Waals surface area contributed by atoms with Crippen molar-refractivity contribution in [2.45, 2.75) is 11.8 Å². The molecule has 0 saturated carbocycles. The van der Waals surface area contributed by atoms with Gasteiger partial charge in [-0.05, 0) is 42.8 Å². The van der Waals surface area contributed by atoms with Gasteiger partial charge in [0.25, 0.3) is 10.0 Å². The average molecular weight is 405 g/mol. The largest absolute Gasteiger partial charge is 0.279 e. The molecule has 0 aromatic heterocycles. The predicted octanol–water partition coefficient (Wildman–Crippen LogP) is 4.32. The lowest BCUT2D eigenvalue weighted by atomic mass is 10.2. The topological polar surface area (TPSA) is 46.2 Å². The third-order valence-corrected chi connectivity index (χ3v) is 4.90. The maximum Gasteiger partial charge on any atom is 0.261 e. The van der Waals surface area contributed by atoms with Crippen molar-refractivity contribution < 1.29 is 8.42 Å². The summed E-state index contributed by atoms with van der Waals surface area (Å²) in [5.74, 6) is 0. The summed E-state index contributed by atoms with van der Waals surface area (Å²) >= 11 is 6.60. The fourth-order valence-corrected chi connectivity index (χ4v) is 3.62. The number of hydrogen-bond acceptors (Lipinski definition) is 2. The average Bonchev–Trinajstić information content (AvgIpc) is 2.33. The molecule has 0 unspecified atom stereocenters. The minimum Gasteiger partial charge on any atom is -0.279 e.